The summed E-state index contributed by atoms with van der Waals surface area (Å²) < 4.78 is 0. The van der Waals surface area contributed by atoms with E-state index < -0.39 is 0 Å². The molecule has 0 unspecified atom stereocenters. The second-order valence-electron chi connectivity index (χ2n) is 1.26. The molecule has 0 amide bonds. The van der Waals surface area contributed by atoms with Crippen LogP contribution in [0, 0.1) is 6.07 Å². The van der Waals surface area contributed by atoms with Gasteiger partial charge in [0, 0.05) is 0 Å². The third-order valence-corrected chi connectivity index (χ3v) is 0.969. The molecule has 1 aromatic rings. The Morgan fingerprint density at radius 2 is 1.91 bits per heavy atom. The molecule has 0 N–H and O–H groups in total. The molecular weight excluding hydrogens is 251 g/mol. The first-order valence-corrected chi connectivity index (χ1v) is 2.49. The zero-order valence-electron chi connectivity index (χ0n) is 6.22. The van der Waals surface area contributed by atoms with Crippen LogP contribution in [0.4, 0.5) is 0 Å². The van der Waals surface area contributed by atoms with Gasteiger partial charge >= 0.3 is 41.9 Å². The number of halogens is 2. The van der Waals surface area contributed by atoms with Crippen molar-refractivity contribution >= 4 is 35.7 Å². The Labute approximate surface area is 118 Å². The van der Waals surface area contributed by atoms with E-state index in [9.17, 15) is 0 Å². The van der Waals surface area contributed by atoms with Crippen molar-refractivity contribution in [3.05, 3.63) is 30.3 Å². The van der Waals surface area contributed by atoms with E-state index in [4.69, 9.17) is 0 Å². The molecule has 0 aromatic heterocycles. The van der Waals surface area contributed by atoms with Crippen LogP contribution >= 0.6 is 12.6 Å². The van der Waals surface area contributed by atoms with Crippen LogP contribution in [0.2, 0.25) is 0 Å². The molecule has 0 fully saturated rings. The molecule has 0 aliphatic carbocycles. The van der Waals surface area contributed by atoms with Crippen molar-refractivity contribution in [1.82, 2.24) is 0 Å². The predicted octanol–water partition coefficient (Wildman–Crippen LogP) is -7.59. The average molecular weight is 256 g/mol. The van der Waals surface area contributed by atoms with E-state index >= 15 is 0 Å². The Morgan fingerprint density at radius 1 is 1.36 bits per heavy atom. The number of hydrogen-bond donors (Lipinski definition) is 1. The van der Waals surface area contributed by atoms with E-state index in [2.05, 4.69) is 18.7 Å². The van der Waals surface area contributed by atoms with Gasteiger partial charge in [0.15, 0.2) is 0 Å². The summed E-state index contributed by atoms with van der Waals surface area (Å²) in [5.41, 5.74) is 0. The van der Waals surface area contributed by atoms with E-state index in [-0.39, 0.29) is 71.3 Å². The van der Waals surface area contributed by atoms with Crippen molar-refractivity contribution in [2.24, 2.45) is 0 Å². The average Bonchev–Trinajstić information content (AvgIpc) is 1.69. The van der Waals surface area contributed by atoms with Crippen LogP contribution in [-0.4, -0.2) is 23.1 Å². The zero-order valence-corrected chi connectivity index (χ0v) is 10.9. The van der Waals surface area contributed by atoms with Gasteiger partial charge in [-0.15, -0.1) is 4.90 Å². The van der Waals surface area contributed by atoms with Gasteiger partial charge in [-0.1, -0.05) is 0 Å². The first-order chi connectivity index (χ1) is 3.39. The molecule has 1 aromatic carbocycles. The molecule has 0 bridgehead atoms. The summed E-state index contributed by atoms with van der Waals surface area (Å²) in [6, 6.07) is 10.4. The van der Waals surface area contributed by atoms with Crippen molar-refractivity contribution in [2.45, 2.75) is 4.90 Å². The maximum absolute atomic E-state index is 4.05. The Bertz CT molecular complexity index is 153. The van der Waals surface area contributed by atoms with Crippen molar-refractivity contribution in [1.29, 1.82) is 0 Å². The number of thiol groups is 1. The molecule has 0 nitrogen and oxygen atoms in total. The first-order valence-electron chi connectivity index (χ1n) is 2.04. The first kappa shape index (κ1) is 23.0. The molecule has 11 heavy (non-hydrogen) atoms. The fraction of sp³-hybridized carbons (Fsp3) is 0. The molecular formula is C6H5BrClLiMgS. The molecule has 1 rings (SSSR count). The third-order valence-electron chi connectivity index (χ3n) is 0.691. The molecule has 52 valence electrons. The number of hydrogen-bond acceptors (Lipinski definition) is 1. The molecule has 0 spiro atoms. The van der Waals surface area contributed by atoms with Crippen molar-refractivity contribution < 1.29 is 48.2 Å². The molecule has 0 aliphatic rings. The minimum atomic E-state index is 0. The minimum Gasteiger partial charge on any atom is -1.00 e. The van der Waals surface area contributed by atoms with Crippen LogP contribution in [0.1, 0.15) is 0 Å². The summed E-state index contributed by atoms with van der Waals surface area (Å²) in [5, 5.41) is 0. The Hall–Kier alpha value is 1.70. The van der Waals surface area contributed by atoms with Crippen LogP contribution in [-0.2, 0) is 0 Å². The smallest absolute Gasteiger partial charge is 1.00 e. The van der Waals surface area contributed by atoms with Crippen LogP contribution in [0.3, 0.4) is 0 Å². The quantitative estimate of drug-likeness (QED) is 0.266. The van der Waals surface area contributed by atoms with Crippen LogP contribution in [0.25, 0.3) is 0 Å². The Morgan fingerprint density at radius 3 is 2.09 bits per heavy atom. The normalized spacial score (nSPS) is 5.55. The summed E-state index contributed by atoms with van der Waals surface area (Å²) in [5.74, 6) is 0. The van der Waals surface area contributed by atoms with Gasteiger partial charge in [0.05, 0.1) is 0 Å². The topological polar surface area (TPSA) is 0 Å². The molecule has 0 atom stereocenters. The van der Waals surface area contributed by atoms with Crippen LogP contribution in [0.5, 0.6) is 0 Å². The van der Waals surface area contributed by atoms with E-state index in [1.807, 2.05) is 24.3 Å². The summed E-state index contributed by atoms with van der Waals surface area (Å²) in [4.78, 5) is 0.961. The summed E-state index contributed by atoms with van der Waals surface area (Å²) in [6.45, 7) is 0. The monoisotopic (exact) mass is 254 g/mol. The van der Waals surface area contributed by atoms with Crippen molar-refractivity contribution in [2.75, 3.05) is 0 Å². The van der Waals surface area contributed by atoms with E-state index in [0.717, 1.165) is 4.90 Å². The Balaban J connectivity index is -0.0000000612. The summed E-state index contributed by atoms with van der Waals surface area (Å²) in [6.07, 6.45) is 0. The molecule has 0 saturated carbocycles. The minimum absolute atomic E-state index is 0. The predicted molar refractivity (Wildman–Crippen MR) is 38.3 cm³/mol. The largest absolute Gasteiger partial charge is 2.00 e. The maximum Gasteiger partial charge on any atom is 2.00 e. The number of rotatable bonds is 0. The second-order valence-corrected chi connectivity index (χ2v) is 1.78. The SMILES string of the molecule is Sc1c[c-]ccc1.[Br-].[Cl-].[Li+].[Mg+2]. The van der Waals surface area contributed by atoms with Crippen molar-refractivity contribution in [3.8, 4) is 0 Å². The van der Waals surface area contributed by atoms with Gasteiger partial charge in [-0.2, -0.15) is 30.3 Å². The summed E-state index contributed by atoms with van der Waals surface area (Å²) in [7, 11) is 0. The molecule has 0 saturated heterocycles. The Kier molecular flexibility index (Phi) is 29.7. The van der Waals surface area contributed by atoms with Gasteiger partial charge in [0.2, 0.25) is 0 Å². The molecule has 5 heteroatoms. The van der Waals surface area contributed by atoms with E-state index in [1.54, 1.807) is 0 Å². The van der Waals surface area contributed by atoms with Gasteiger partial charge in [-0.3, -0.25) is 0 Å². The number of benzene rings is 1. The zero-order chi connectivity index (χ0) is 5.11. The van der Waals surface area contributed by atoms with Gasteiger partial charge in [0.25, 0.3) is 0 Å². The van der Waals surface area contributed by atoms with Gasteiger partial charge in [-0.25, -0.2) is 12.6 Å². The fourth-order valence-corrected chi connectivity index (χ4v) is 0.544. The summed E-state index contributed by atoms with van der Waals surface area (Å²) >= 11 is 4.05. The molecule has 0 radical (unpaired) electrons. The maximum atomic E-state index is 4.05. The van der Waals surface area contributed by atoms with Gasteiger partial charge in [0.1, 0.15) is 0 Å². The fourth-order valence-electron chi connectivity index (χ4n) is 0.384. The van der Waals surface area contributed by atoms with E-state index in [1.165, 1.54) is 0 Å². The second kappa shape index (κ2) is 14.2. The van der Waals surface area contributed by atoms with Crippen molar-refractivity contribution in [3.63, 3.8) is 0 Å². The van der Waals surface area contributed by atoms with Crippen LogP contribution < -0.4 is 48.2 Å². The van der Waals surface area contributed by atoms with Crippen LogP contribution in [0.15, 0.2) is 29.2 Å². The van der Waals surface area contributed by atoms with Gasteiger partial charge < -0.3 is 29.4 Å². The third kappa shape index (κ3) is 11.7. The molecule has 0 heterocycles. The standard InChI is InChI=1S/C6H5S.BrH.ClH.Li.Mg/c7-6-4-2-1-3-5-6;;;;/h1-2,4-5,7H;2*1H;;/q-1;;;+1;+2/p-2. The molecule has 0 aliphatic heterocycles. The van der Waals surface area contributed by atoms with Gasteiger partial charge in [-0.05, 0) is 0 Å². The van der Waals surface area contributed by atoms with E-state index in [0.29, 0.717) is 0 Å².